The summed E-state index contributed by atoms with van der Waals surface area (Å²) in [5.41, 5.74) is 0. The second-order valence-corrected chi connectivity index (χ2v) is 1.09. The first-order valence-electron chi connectivity index (χ1n) is 1.82. The zero-order valence-corrected chi connectivity index (χ0v) is 5.78. The molecule has 0 atom stereocenters. The Morgan fingerprint density at radius 1 is 1.12 bits per heavy atom. The van der Waals surface area contributed by atoms with Gasteiger partial charge in [-0.1, -0.05) is 0 Å². The first-order chi connectivity index (χ1) is 3.13. The smallest absolute Gasteiger partial charge is 0.394 e. The third-order valence-corrected chi connectivity index (χ3v) is 0.287. The Kier molecular flexibility index (Phi) is 6.38. The fourth-order valence-electron chi connectivity index (χ4n) is 0.202. The van der Waals surface area contributed by atoms with Gasteiger partial charge in [-0.15, -0.1) is 0 Å². The minimum absolute atomic E-state index is 0. The van der Waals surface area contributed by atoms with Gasteiger partial charge in [-0.2, -0.15) is 0 Å². The van der Waals surface area contributed by atoms with Crippen LogP contribution in [-0.2, 0) is 31.4 Å². The van der Waals surface area contributed by atoms with Crippen molar-refractivity contribution in [1.29, 1.82) is 0 Å². The van der Waals surface area contributed by atoms with E-state index in [1.54, 1.807) is 0 Å². The van der Waals surface area contributed by atoms with Crippen LogP contribution in [0.5, 0.6) is 0 Å². The molecule has 0 N–H and O–H groups in total. The molecule has 0 aromatic rings. The molecule has 0 unspecified atom stereocenters. The molecule has 3 nitrogen and oxygen atoms in total. The normalized spacial score (nSPS) is 6.75. The summed E-state index contributed by atoms with van der Waals surface area (Å²) in [7, 11) is 0. The maximum atomic E-state index is 9.81. The molecule has 0 aliphatic heterocycles. The van der Waals surface area contributed by atoms with Gasteiger partial charge in [0.25, 0.3) is 0 Å². The summed E-state index contributed by atoms with van der Waals surface area (Å²) in [5.74, 6) is -1.12. The SMILES string of the molecule is CC(=O)OC(C)=O.[Mn+2]. The summed E-state index contributed by atoms with van der Waals surface area (Å²) in [6.45, 7) is 2.36. The molecule has 0 saturated carbocycles. The van der Waals surface area contributed by atoms with E-state index in [0.29, 0.717) is 0 Å². The van der Waals surface area contributed by atoms with Crippen LogP contribution in [0, 0.1) is 0 Å². The van der Waals surface area contributed by atoms with Gasteiger partial charge in [-0.05, 0) is 0 Å². The summed E-state index contributed by atoms with van der Waals surface area (Å²) in [6, 6.07) is 0. The Labute approximate surface area is 57.9 Å². The standard InChI is InChI=1S/C4H6O3.Mn/c1-3(5)7-4(2)6;/h1-2H3;/q;+2. The van der Waals surface area contributed by atoms with E-state index in [-0.39, 0.29) is 17.1 Å². The van der Waals surface area contributed by atoms with Gasteiger partial charge < -0.3 is 4.74 Å². The van der Waals surface area contributed by atoms with Crippen molar-refractivity contribution in [2.24, 2.45) is 0 Å². The number of hydrogen-bond acceptors (Lipinski definition) is 3. The number of rotatable bonds is 0. The molecule has 0 aliphatic carbocycles. The Balaban J connectivity index is 0. The monoisotopic (exact) mass is 157 g/mol. The van der Waals surface area contributed by atoms with E-state index in [1.165, 1.54) is 13.8 Å². The molecule has 45 valence electrons. The fourth-order valence-corrected chi connectivity index (χ4v) is 0.202. The second-order valence-electron chi connectivity index (χ2n) is 1.09. The molecule has 1 radical (unpaired) electrons. The van der Waals surface area contributed by atoms with Gasteiger partial charge in [-0.25, -0.2) is 0 Å². The third-order valence-electron chi connectivity index (χ3n) is 0.287. The molecule has 0 saturated heterocycles. The molecule has 0 spiro atoms. The van der Waals surface area contributed by atoms with Crippen LogP contribution < -0.4 is 0 Å². The number of carbonyl (C=O) groups is 2. The Morgan fingerprint density at radius 2 is 1.38 bits per heavy atom. The van der Waals surface area contributed by atoms with Crippen LogP contribution in [0.25, 0.3) is 0 Å². The molecule has 8 heavy (non-hydrogen) atoms. The molecule has 4 heteroatoms. The Morgan fingerprint density at radius 3 is 1.38 bits per heavy atom. The molecular weight excluding hydrogens is 151 g/mol. The van der Waals surface area contributed by atoms with Crippen molar-refractivity contribution in [3.63, 3.8) is 0 Å². The van der Waals surface area contributed by atoms with Gasteiger partial charge in [0.05, 0.1) is 0 Å². The van der Waals surface area contributed by atoms with Crippen LogP contribution in [0.15, 0.2) is 0 Å². The predicted molar refractivity (Wildman–Crippen MR) is 22.4 cm³/mol. The van der Waals surface area contributed by atoms with E-state index in [1.807, 2.05) is 0 Å². The van der Waals surface area contributed by atoms with E-state index in [9.17, 15) is 9.59 Å². The van der Waals surface area contributed by atoms with Crippen molar-refractivity contribution >= 4 is 11.9 Å². The number of ether oxygens (including phenoxy) is 1. The minimum atomic E-state index is -0.562. The molecular formula is C4H6MnO3+2. The van der Waals surface area contributed by atoms with Gasteiger partial charge in [0.15, 0.2) is 0 Å². The molecule has 0 bridgehead atoms. The summed E-state index contributed by atoms with van der Waals surface area (Å²) in [4.78, 5) is 19.6. The zero-order chi connectivity index (χ0) is 5.86. The molecule has 0 heterocycles. The van der Waals surface area contributed by atoms with Crippen molar-refractivity contribution in [3.05, 3.63) is 0 Å². The fraction of sp³-hybridized carbons (Fsp3) is 0.500. The summed E-state index contributed by atoms with van der Waals surface area (Å²) < 4.78 is 3.97. The molecule has 0 aromatic carbocycles. The number of hydrogen-bond donors (Lipinski definition) is 0. The van der Waals surface area contributed by atoms with Crippen molar-refractivity contribution in [3.8, 4) is 0 Å². The summed E-state index contributed by atoms with van der Waals surface area (Å²) >= 11 is 0. The largest absolute Gasteiger partial charge is 2.00 e. The third kappa shape index (κ3) is 9.18. The topological polar surface area (TPSA) is 43.4 Å². The maximum Gasteiger partial charge on any atom is 2.00 e. The number of esters is 2. The maximum absolute atomic E-state index is 9.81. The molecule has 0 aliphatic rings. The van der Waals surface area contributed by atoms with Crippen molar-refractivity contribution in [1.82, 2.24) is 0 Å². The average molecular weight is 157 g/mol. The van der Waals surface area contributed by atoms with E-state index in [4.69, 9.17) is 0 Å². The Hall–Kier alpha value is -0.341. The van der Waals surface area contributed by atoms with Gasteiger partial charge in [0.1, 0.15) is 0 Å². The van der Waals surface area contributed by atoms with E-state index >= 15 is 0 Å². The summed E-state index contributed by atoms with van der Waals surface area (Å²) in [5, 5.41) is 0. The van der Waals surface area contributed by atoms with E-state index < -0.39 is 11.9 Å². The zero-order valence-electron chi connectivity index (χ0n) is 4.60. The van der Waals surface area contributed by atoms with Crippen LogP contribution in [0.3, 0.4) is 0 Å². The van der Waals surface area contributed by atoms with Crippen LogP contribution in [0.1, 0.15) is 13.8 Å². The van der Waals surface area contributed by atoms with Gasteiger partial charge in [0.2, 0.25) is 0 Å². The van der Waals surface area contributed by atoms with Gasteiger partial charge >= 0.3 is 29.0 Å². The first kappa shape index (κ1) is 10.6. The second kappa shape index (κ2) is 4.81. The first-order valence-corrected chi connectivity index (χ1v) is 1.82. The average Bonchev–Trinajstić information content (AvgIpc) is 1.27. The van der Waals surface area contributed by atoms with Crippen molar-refractivity contribution < 1.29 is 31.4 Å². The van der Waals surface area contributed by atoms with E-state index in [2.05, 4.69) is 4.74 Å². The van der Waals surface area contributed by atoms with Crippen molar-refractivity contribution in [2.45, 2.75) is 13.8 Å². The quantitative estimate of drug-likeness (QED) is 0.284. The minimum Gasteiger partial charge on any atom is -0.394 e. The summed E-state index contributed by atoms with van der Waals surface area (Å²) in [6.07, 6.45) is 0. The van der Waals surface area contributed by atoms with Crippen molar-refractivity contribution in [2.75, 3.05) is 0 Å². The van der Waals surface area contributed by atoms with Crippen LogP contribution >= 0.6 is 0 Å². The van der Waals surface area contributed by atoms with Crippen LogP contribution in [-0.4, -0.2) is 11.9 Å². The van der Waals surface area contributed by atoms with E-state index in [0.717, 1.165) is 0 Å². The van der Waals surface area contributed by atoms with Gasteiger partial charge in [-0.3, -0.25) is 9.59 Å². The van der Waals surface area contributed by atoms with Crippen LogP contribution in [0.2, 0.25) is 0 Å². The molecule has 0 rings (SSSR count). The Bertz CT molecular complexity index is 87.5. The van der Waals surface area contributed by atoms with Crippen LogP contribution in [0.4, 0.5) is 0 Å². The molecule has 0 amide bonds. The molecule has 0 aromatic heterocycles. The number of carbonyl (C=O) groups excluding carboxylic acids is 2. The van der Waals surface area contributed by atoms with Gasteiger partial charge in [0, 0.05) is 13.8 Å². The predicted octanol–water partition coefficient (Wildman–Crippen LogP) is 0.0935. The molecule has 0 fully saturated rings.